The van der Waals surface area contributed by atoms with Gasteiger partial charge in [-0.25, -0.2) is 0 Å². The van der Waals surface area contributed by atoms with Crippen molar-refractivity contribution < 1.29 is 4.79 Å². The van der Waals surface area contributed by atoms with E-state index in [2.05, 4.69) is 24.4 Å². The van der Waals surface area contributed by atoms with Crippen molar-refractivity contribution in [1.29, 1.82) is 0 Å². The predicted molar refractivity (Wildman–Crippen MR) is 65.9 cm³/mol. The van der Waals surface area contributed by atoms with Gasteiger partial charge in [0.05, 0.1) is 0 Å². The number of piperidine rings is 1. The Morgan fingerprint density at radius 2 is 1.75 bits per heavy atom. The fourth-order valence-electron chi connectivity index (χ4n) is 2.37. The highest BCUT2D eigenvalue weighted by Crippen LogP contribution is 2.32. The third-order valence-electron chi connectivity index (χ3n) is 3.70. The Hall–Kier alpha value is -1.15. The summed E-state index contributed by atoms with van der Waals surface area (Å²) in [5.74, 6) is 0.141. The Kier molecular flexibility index (Phi) is 3.10. The summed E-state index contributed by atoms with van der Waals surface area (Å²) in [4.78, 5) is 11.2. The van der Waals surface area contributed by atoms with E-state index in [1.54, 1.807) is 6.92 Å². The summed E-state index contributed by atoms with van der Waals surface area (Å²) < 4.78 is 0. The van der Waals surface area contributed by atoms with Crippen LogP contribution in [0.4, 0.5) is 0 Å². The van der Waals surface area contributed by atoms with Crippen LogP contribution in [0.3, 0.4) is 0 Å². The van der Waals surface area contributed by atoms with Gasteiger partial charge in [-0.15, -0.1) is 0 Å². The topological polar surface area (TPSA) is 29.1 Å². The zero-order valence-corrected chi connectivity index (χ0v) is 10.0. The van der Waals surface area contributed by atoms with Crippen molar-refractivity contribution in [3.63, 3.8) is 0 Å². The molecule has 0 amide bonds. The molecule has 0 saturated carbocycles. The molecular weight excluding hydrogens is 198 g/mol. The molecule has 0 aliphatic carbocycles. The van der Waals surface area contributed by atoms with Gasteiger partial charge in [0.2, 0.25) is 0 Å². The summed E-state index contributed by atoms with van der Waals surface area (Å²) in [6.45, 7) is 6.10. The summed E-state index contributed by atoms with van der Waals surface area (Å²) in [7, 11) is 0. The third-order valence-corrected chi connectivity index (χ3v) is 3.70. The van der Waals surface area contributed by atoms with Gasteiger partial charge in [0.15, 0.2) is 5.78 Å². The monoisotopic (exact) mass is 217 g/mol. The third kappa shape index (κ3) is 2.17. The van der Waals surface area contributed by atoms with Gasteiger partial charge < -0.3 is 5.32 Å². The average Bonchev–Trinajstić information content (AvgIpc) is 2.30. The Labute approximate surface area is 97.1 Å². The molecular formula is C14H19NO. The lowest BCUT2D eigenvalue weighted by Gasteiger charge is -2.34. The number of benzene rings is 1. The molecule has 1 N–H and O–H groups in total. The van der Waals surface area contributed by atoms with Gasteiger partial charge in [-0.05, 0) is 43.8 Å². The maximum Gasteiger partial charge on any atom is 0.159 e. The lowest BCUT2D eigenvalue weighted by Crippen LogP contribution is -2.37. The van der Waals surface area contributed by atoms with Gasteiger partial charge in [-0.2, -0.15) is 0 Å². The van der Waals surface area contributed by atoms with Crippen LogP contribution in [0.15, 0.2) is 24.3 Å². The van der Waals surface area contributed by atoms with Crippen LogP contribution in [-0.4, -0.2) is 18.9 Å². The molecule has 1 aliphatic heterocycles. The van der Waals surface area contributed by atoms with E-state index in [1.165, 1.54) is 18.4 Å². The molecule has 16 heavy (non-hydrogen) atoms. The van der Waals surface area contributed by atoms with E-state index in [9.17, 15) is 4.79 Å². The number of hydrogen-bond acceptors (Lipinski definition) is 2. The molecule has 0 aromatic heterocycles. The lowest BCUT2D eigenvalue weighted by molar-refractivity contribution is 0.101. The Morgan fingerprint density at radius 1 is 1.19 bits per heavy atom. The molecule has 2 heteroatoms. The van der Waals surface area contributed by atoms with Crippen molar-refractivity contribution in [2.24, 2.45) is 0 Å². The van der Waals surface area contributed by atoms with Gasteiger partial charge in [-0.1, -0.05) is 31.2 Å². The van der Waals surface area contributed by atoms with Crippen molar-refractivity contribution in [2.75, 3.05) is 13.1 Å². The molecule has 1 saturated heterocycles. The van der Waals surface area contributed by atoms with Crippen LogP contribution in [-0.2, 0) is 5.41 Å². The van der Waals surface area contributed by atoms with Crippen LogP contribution >= 0.6 is 0 Å². The fourth-order valence-corrected chi connectivity index (χ4v) is 2.37. The molecule has 2 nitrogen and oxygen atoms in total. The number of carbonyl (C=O) groups excluding carboxylic acids is 1. The maximum atomic E-state index is 11.2. The summed E-state index contributed by atoms with van der Waals surface area (Å²) in [5, 5.41) is 3.39. The van der Waals surface area contributed by atoms with Crippen LogP contribution in [0.25, 0.3) is 0 Å². The second-order valence-electron chi connectivity index (χ2n) is 4.94. The van der Waals surface area contributed by atoms with Gasteiger partial charge in [-0.3, -0.25) is 4.79 Å². The molecule has 0 bridgehead atoms. The quantitative estimate of drug-likeness (QED) is 0.771. The van der Waals surface area contributed by atoms with Crippen molar-refractivity contribution in [1.82, 2.24) is 5.32 Å². The van der Waals surface area contributed by atoms with E-state index in [0.29, 0.717) is 0 Å². The van der Waals surface area contributed by atoms with Crippen LogP contribution < -0.4 is 5.32 Å². The molecule has 1 aromatic carbocycles. The molecule has 1 heterocycles. The molecule has 86 valence electrons. The summed E-state index contributed by atoms with van der Waals surface area (Å²) >= 11 is 0. The first-order chi connectivity index (χ1) is 7.62. The van der Waals surface area contributed by atoms with E-state index in [-0.39, 0.29) is 11.2 Å². The van der Waals surface area contributed by atoms with Crippen molar-refractivity contribution in [3.05, 3.63) is 35.4 Å². The van der Waals surface area contributed by atoms with Gasteiger partial charge >= 0.3 is 0 Å². The van der Waals surface area contributed by atoms with Gasteiger partial charge in [0.25, 0.3) is 0 Å². The standard InChI is InChI=1S/C14H19NO/c1-11(16)12-3-5-13(6-4-12)14(2)7-9-15-10-8-14/h3-6,15H,7-10H2,1-2H3. The highest BCUT2D eigenvalue weighted by molar-refractivity contribution is 5.94. The SMILES string of the molecule is CC(=O)c1ccc(C2(C)CCNCC2)cc1. The second kappa shape index (κ2) is 4.38. The molecule has 1 aromatic rings. The van der Waals surface area contributed by atoms with Crippen LogP contribution in [0.1, 0.15) is 42.6 Å². The van der Waals surface area contributed by atoms with E-state index in [4.69, 9.17) is 0 Å². The first kappa shape index (κ1) is 11.3. The summed E-state index contributed by atoms with van der Waals surface area (Å²) in [6, 6.07) is 8.13. The van der Waals surface area contributed by atoms with Crippen LogP contribution in [0.5, 0.6) is 0 Å². The van der Waals surface area contributed by atoms with Crippen molar-refractivity contribution in [3.8, 4) is 0 Å². The van der Waals surface area contributed by atoms with Gasteiger partial charge in [0.1, 0.15) is 0 Å². The minimum Gasteiger partial charge on any atom is -0.317 e. The Bertz CT molecular complexity index is 374. The summed E-state index contributed by atoms with van der Waals surface area (Å²) in [5.41, 5.74) is 2.45. The van der Waals surface area contributed by atoms with E-state index < -0.39 is 0 Å². The number of ketones is 1. The number of nitrogens with one attached hydrogen (secondary N) is 1. The first-order valence-electron chi connectivity index (χ1n) is 5.94. The van der Waals surface area contributed by atoms with Crippen molar-refractivity contribution in [2.45, 2.75) is 32.1 Å². The lowest BCUT2D eigenvalue weighted by atomic mass is 9.75. The average molecular weight is 217 g/mol. The molecule has 0 unspecified atom stereocenters. The van der Waals surface area contributed by atoms with E-state index in [1.807, 2.05) is 12.1 Å². The smallest absolute Gasteiger partial charge is 0.159 e. The van der Waals surface area contributed by atoms with E-state index in [0.717, 1.165) is 18.7 Å². The molecule has 1 fully saturated rings. The number of rotatable bonds is 2. The first-order valence-corrected chi connectivity index (χ1v) is 5.94. The Morgan fingerprint density at radius 3 is 2.25 bits per heavy atom. The number of carbonyl (C=O) groups is 1. The van der Waals surface area contributed by atoms with Crippen LogP contribution in [0, 0.1) is 0 Å². The zero-order valence-electron chi connectivity index (χ0n) is 10.0. The maximum absolute atomic E-state index is 11.2. The molecule has 0 radical (unpaired) electrons. The zero-order chi connectivity index (χ0) is 11.6. The normalized spacial score (nSPS) is 19.4. The van der Waals surface area contributed by atoms with Gasteiger partial charge in [0, 0.05) is 5.56 Å². The highest BCUT2D eigenvalue weighted by Gasteiger charge is 2.28. The second-order valence-corrected chi connectivity index (χ2v) is 4.94. The molecule has 2 rings (SSSR count). The number of Topliss-reactive ketones (excluding diaryl/α,β-unsaturated/α-hetero) is 1. The van der Waals surface area contributed by atoms with Crippen LogP contribution in [0.2, 0.25) is 0 Å². The molecule has 1 aliphatic rings. The number of hydrogen-bond donors (Lipinski definition) is 1. The minimum atomic E-state index is 0.141. The molecule has 0 atom stereocenters. The van der Waals surface area contributed by atoms with Crippen molar-refractivity contribution >= 4 is 5.78 Å². The molecule has 0 spiro atoms. The minimum absolute atomic E-state index is 0.141. The largest absolute Gasteiger partial charge is 0.317 e. The van der Waals surface area contributed by atoms with E-state index >= 15 is 0 Å². The fraction of sp³-hybridized carbons (Fsp3) is 0.500. The predicted octanol–water partition coefficient (Wildman–Crippen LogP) is 2.53. The summed E-state index contributed by atoms with van der Waals surface area (Å²) in [6.07, 6.45) is 2.35. The highest BCUT2D eigenvalue weighted by atomic mass is 16.1. The Balaban J connectivity index is 2.23.